The molecule has 0 fully saturated rings. The lowest BCUT2D eigenvalue weighted by Gasteiger charge is -2.10. The van der Waals surface area contributed by atoms with Gasteiger partial charge in [-0.2, -0.15) is 9.78 Å². The summed E-state index contributed by atoms with van der Waals surface area (Å²) in [4.78, 5) is 28.4. The van der Waals surface area contributed by atoms with Crippen molar-refractivity contribution in [2.45, 2.75) is 26.7 Å². The molecule has 0 radical (unpaired) electrons. The third-order valence-electron chi connectivity index (χ3n) is 4.17. The first kappa shape index (κ1) is 20.7. The number of para-hydroxylation sites is 1. The van der Waals surface area contributed by atoms with Crippen molar-refractivity contribution >= 4 is 38.7 Å². The fourth-order valence-electron chi connectivity index (χ4n) is 2.91. The smallest absolute Gasteiger partial charge is 0.311 e. The molecule has 0 atom stereocenters. The predicted octanol–water partition coefficient (Wildman–Crippen LogP) is 4.30. The van der Waals surface area contributed by atoms with Gasteiger partial charge in [0.2, 0.25) is 5.75 Å². The Morgan fingerprint density at radius 2 is 2.10 bits per heavy atom. The summed E-state index contributed by atoms with van der Waals surface area (Å²) in [6.07, 6.45) is 2.74. The van der Waals surface area contributed by atoms with E-state index < -0.39 is 4.92 Å². The van der Waals surface area contributed by atoms with Crippen molar-refractivity contribution in [3.05, 3.63) is 72.7 Å². The average Bonchev–Trinajstić information content (AvgIpc) is 2.69. The summed E-state index contributed by atoms with van der Waals surface area (Å²) < 4.78 is 7.48. The van der Waals surface area contributed by atoms with E-state index in [9.17, 15) is 14.9 Å². The minimum Gasteiger partial charge on any atom is -0.487 e. The van der Waals surface area contributed by atoms with E-state index >= 15 is 0 Å². The normalized spacial score (nSPS) is 11.3. The Kier molecular flexibility index (Phi) is 6.38. The molecule has 3 aromatic rings. The first-order valence-corrected chi connectivity index (χ1v) is 9.91. The van der Waals surface area contributed by atoms with E-state index in [4.69, 9.17) is 4.74 Å². The van der Waals surface area contributed by atoms with Gasteiger partial charge in [0.05, 0.1) is 28.6 Å². The molecule has 29 heavy (non-hydrogen) atoms. The molecule has 9 heteroatoms. The van der Waals surface area contributed by atoms with Gasteiger partial charge in [-0.25, -0.2) is 4.98 Å². The van der Waals surface area contributed by atoms with Crippen molar-refractivity contribution in [1.29, 1.82) is 0 Å². The second kappa shape index (κ2) is 8.95. The molecule has 0 spiro atoms. The van der Waals surface area contributed by atoms with Gasteiger partial charge in [-0.3, -0.25) is 14.9 Å². The van der Waals surface area contributed by atoms with Crippen molar-refractivity contribution in [2.75, 3.05) is 6.61 Å². The summed E-state index contributed by atoms with van der Waals surface area (Å²) in [5.74, 6) is 0.636. The summed E-state index contributed by atoms with van der Waals surface area (Å²) in [5.41, 5.74) is 0.542. The summed E-state index contributed by atoms with van der Waals surface area (Å²) in [6, 6.07) is 9.87. The molecule has 1 heterocycles. The molecule has 0 aliphatic rings. The molecule has 0 aliphatic carbocycles. The van der Waals surface area contributed by atoms with Crippen molar-refractivity contribution in [2.24, 2.45) is 5.10 Å². The molecule has 0 saturated carbocycles. The van der Waals surface area contributed by atoms with Crippen LogP contribution >= 0.6 is 15.9 Å². The average molecular weight is 459 g/mol. The van der Waals surface area contributed by atoms with Crippen molar-refractivity contribution in [3.63, 3.8) is 0 Å². The van der Waals surface area contributed by atoms with Crippen LogP contribution in [0.4, 0.5) is 5.69 Å². The number of aryl methyl sites for hydroxylation is 1. The Balaban J connectivity index is 2.17. The number of halogens is 1. The Bertz CT molecular complexity index is 1160. The van der Waals surface area contributed by atoms with Crippen LogP contribution in [0.5, 0.6) is 5.75 Å². The number of nitro benzene ring substituents is 1. The van der Waals surface area contributed by atoms with E-state index in [0.717, 1.165) is 10.9 Å². The number of fused-ring (bicyclic) bond motifs is 1. The molecule has 0 bridgehead atoms. The maximum atomic E-state index is 13.0. The SMILES string of the molecule is CCCc1nc2ccc(Br)cc2c(=O)n1N=Cc1cccc([N+](=O)[O-])c1OCC. The van der Waals surface area contributed by atoms with Crippen molar-refractivity contribution in [1.82, 2.24) is 9.66 Å². The minimum absolute atomic E-state index is 0.116. The largest absolute Gasteiger partial charge is 0.487 e. The zero-order valence-electron chi connectivity index (χ0n) is 16.0. The Labute approximate surface area is 175 Å². The number of ether oxygens (including phenoxy) is 1. The van der Waals surface area contributed by atoms with Crippen LogP contribution in [0.1, 0.15) is 31.7 Å². The number of benzene rings is 2. The number of nitro groups is 1. The quantitative estimate of drug-likeness (QED) is 0.298. The Morgan fingerprint density at radius 3 is 2.79 bits per heavy atom. The number of rotatable bonds is 7. The van der Waals surface area contributed by atoms with Gasteiger partial charge in [-0.05, 0) is 37.6 Å². The number of hydrogen-bond donors (Lipinski definition) is 0. The highest BCUT2D eigenvalue weighted by atomic mass is 79.9. The highest BCUT2D eigenvalue weighted by Gasteiger charge is 2.18. The third-order valence-corrected chi connectivity index (χ3v) is 4.66. The summed E-state index contributed by atoms with van der Waals surface area (Å²) in [6.45, 7) is 3.99. The number of aromatic nitrogens is 2. The lowest BCUT2D eigenvalue weighted by atomic mass is 10.2. The highest BCUT2D eigenvalue weighted by molar-refractivity contribution is 9.10. The summed E-state index contributed by atoms with van der Waals surface area (Å²) in [5, 5.41) is 16.1. The van der Waals surface area contributed by atoms with Crippen molar-refractivity contribution in [3.8, 4) is 5.75 Å². The van der Waals surface area contributed by atoms with Gasteiger partial charge in [0, 0.05) is 22.5 Å². The van der Waals surface area contributed by atoms with E-state index in [1.807, 2.05) is 13.0 Å². The zero-order valence-corrected chi connectivity index (χ0v) is 17.5. The molecule has 3 rings (SSSR count). The van der Waals surface area contributed by atoms with Crippen LogP contribution in [-0.4, -0.2) is 27.4 Å². The van der Waals surface area contributed by atoms with Gasteiger partial charge in [-0.15, -0.1) is 0 Å². The van der Waals surface area contributed by atoms with Gasteiger partial charge in [0.15, 0.2) is 0 Å². The third kappa shape index (κ3) is 4.34. The topological polar surface area (TPSA) is 99.6 Å². The molecular weight excluding hydrogens is 440 g/mol. The molecule has 1 aromatic heterocycles. The van der Waals surface area contributed by atoms with Crippen LogP contribution in [0.15, 0.2) is 50.8 Å². The van der Waals surface area contributed by atoms with Gasteiger partial charge in [0.25, 0.3) is 5.56 Å². The molecule has 0 amide bonds. The molecule has 0 unspecified atom stereocenters. The first-order chi connectivity index (χ1) is 14.0. The molecule has 0 aliphatic heterocycles. The second-order valence-corrected chi connectivity index (χ2v) is 7.10. The molecule has 2 aromatic carbocycles. The summed E-state index contributed by atoms with van der Waals surface area (Å²) in [7, 11) is 0. The predicted molar refractivity (Wildman–Crippen MR) is 115 cm³/mol. The van der Waals surface area contributed by atoms with Crippen molar-refractivity contribution < 1.29 is 9.66 Å². The lowest BCUT2D eigenvalue weighted by Crippen LogP contribution is -2.22. The monoisotopic (exact) mass is 458 g/mol. The fraction of sp³-hybridized carbons (Fsp3) is 0.250. The van der Waals surface area contributed by atoms with E-state index in [2.05, 4.69) is 26.0 Å². The molecular formula is C20H19BrN4O4. The standard InChI is InChI=1S/C20H19BrN4O4/c1-3-6-18-23-16-10-9-14(21)11-15(16)20(26)24(18)22-12-13-7-5-8-17(25(27)28)19(13)29-4-2/h5,7-12H,3-4,6H2,1-2H3. The van der Waals surface area contributed by atoms with Crippen LogP contribution < -0.4 is 10.3 Å². The maximum Gasteiger partial charge on any atom is 0.311 e. The Hall–Kier alpha value is -3.07. The molecule has 8 nitrogen and oxygen atoms in total. The van der Waals surface area contributed by atoms with E-state index in [1.165, 1.54) is 17.0 Å². The first-order valence-electron chi connectivity index (χ1n) is 9.12. The van der Waals surface area contributed by atoms with Gasteiger partial charge < -0.3 is 4.74 Å². The molecule has 150 valence electrons. The zero-order chi connectivity index (χ0) is 21.0. The van der Waals surface area contributed by atoms with Gasteiger partial charge >= 0.3 is 5.69 Å². The van der Waals surface area contributed by atoms with Gasteiger partial charge in [0.1, 0.15) is 5.82 Å². The minimum atomic E-state index is -0.508. The van der Waals surface area contributed by atoms with Crippen LogP contribution in [0, 0.1) is 10.1 Å². The highest BCUT2D eigenvalue weighted by Crippen LogP contribution is 2.30. The number of hydrogen-bond acceptors (Lipinski definition) is 6. The van der Waals surface area contributed by atoms with E-state index in [-0.39, 0.29) is 23.6 Å². The maximum absolute atomic E-state index is 13.0. The summed E-state index contributed by atoms with van der Waals surface area (Å²) >= 11 is 3.37. The van der Waals surface area contributed by atoms with Crippen LogP contribution in [-0.2, 0) is 6.42 Å². The fourth-order valence-corrected chi connectivity index (χ4v) is 3.27. The van der Waals surface area contributed by atoms with Crippen LogP contribution in [0.2, 0.25) is 0 Å². The molecule has 0 N–H and O–H groups in total. The van der Waals surface area contributed by atoms with Crippen LogP contribution in [0.25, 0.3) is 10.9 Å². The van der Waals surface area contributed by atoms with E-state index in [0.29, 0.717) is 28.7 Å². The van der Waals surface area contributed by atoms with E-state index in [1.54, 1.807) is 31.2 Å². The van der Waals surface area contributed by atoms with Gasteiger partial charge in [-0.1, -0.05) is 28.9 Å². The number of nitrogens with zero attached hydrogens (tertiary/aromatic N) is 4. The van der Waals surface area contributed by atoms with Crippen LogP contribution in [0.3, 0.4) is 0 Å². The second-order valence-electron chi connectivity index (χ2n) is 6.19. The Morgan fingerprint density at radius 1 is 1.31 bits per heavy atom. The lowest BCUT2D eigenvalue weighted by molar-refractivity contribution is -0.385. The molecule has 0 saturated heterocycles.